The number of piperidine rings is 1. The number of aryl methyl sites for hydroxylation is 1. The number of nitrogens with zero attached hydrogens (tertiary/aromatic N) is 4. The monoisotopic (exact) mass is 513 g/mol. The average molecular weight is 514 g/mol. The van der Waals surface area contributed by atoms with Gasteiger partial charge in [-0.05, 0) is 68.1 Å². The van der Waals surface area contributed by atoms with Crippen molar-refractivity contribution >= 4 is 33.2 Å². The maximum Gasteiger partial charge on any atom is 0.255 e. The molecule has 2 aliphatic rings. The Kier molecular flexibility index (Phi) is 6.91. The van der Waals surface area contributed by atoms with Gasteiger partial charge in [0.15, 0.2) is 5.82 Å². The van der Waals surface area contributed by atoms with E-state index in [2.05, 4.69) is 20.1 Å². The standard InChI is InChI=1S/C25H28ClN5O3S/c26-21-13-10-19(17-22(21)35(33,34)30-14-4-2-5-15-30)25(32)27-20-11-8-18(9-12-20)24-29-28-23-7-3-1-6-16-31(23)24/h8-13,17H,1-7,14-16H2,(H,27,32). The molecule has 184 valence electrons. The molecule has 3 aromatic rings. The molecule has 0 aliphatic carbocycles. The summed E-state index contributed by atoms with van der Waals surface area (Å²) in [6.45, 7) is 1.85. The molecule has 0 radical (unpaired) electrons. The van der Waals surface area contributed by atoms with Gasteiger partial charge in [0.05, 0.1) is 5.02 Å². The van der Waals surface area contributed by atoms with Crippen molar-refractivity contribution in [2.24, 2.45) is 0 Å². The van der Waals surface area contributed by atoms with Crippen LogP contribution in [0.5, 0.6) is 0 Å². The number of nitrogens with one attached hydrogen (secondary N) is 1. The third-order valence-electron chi connectivity index (χ3n) is 6.64. The first-order chi connectivity index (χ1) is 16.9. The number of benzene rings is 2. The summed E-state index contributed by atoms with van der Waals surface area (Å²) < 4.78 is 29.8. The van der Waals surface area contributed by atoms with Crippen LogP contribution in [0.25, 0.3) is 11.4 Å². The van der Waals surface area contributed by atoms with E-state index in [4.69, 9.17) is 11.6 Å². The summed E-state index contributed by atoms with van der Waals surface area (Å²) in [6, 6.07) is 11.8. The minimum absolute atomic E-state index is 0.0310. The number of hydrogen-bond donors (Lipinski definition) is 1. The lowest BCUT2D eigenvalue weighted by Gasteiger charge is -2.26. The van der Waals surface area contributed by atoms with Crippen molar-refractivity contribution in [3.05, 3.63) is 58.9 Å². The lowest BCUT2D eigenvalue weighted by Crippen LogP contribution is -2.35. The molecule has 0 bridgehead atoms. The largest absolute Gasteiger partial charge is 0.322 e. The van der Waals surface area contributed by atoms with Crippen LogP contribution in [0.2, 0.25) is 5.02 Å². The van der Waals surface area contributed by atoms with Gasteiger partial charge in [-0.1, -0.05) is 24.4 Å². The highest BCUT2D eigenvalue weighted by Crippen LogP contribution is 2.29. The highest BCUT2D eigenvalue weighted by atomic mass is 35.5. The van der Waals surface area contributed by atoms with E-state index >= 15 is 0 Å². The molecule has 1 saturated heterocycles. The van der Waals surface area contributed by atoms with Crippen molar-refractivity contribution < 1.29 is 13.2 Å². The number of halogens is 1. The average Bonchev–Trinajstić information content (AvgIpc) is 3.13. The summed E-state index contributed by atoms with van der Waals surface area (Å²) in [4.78, 5) is 12.9. The third kappa shape index (κ3) is 4.98. The number of aromatic nitrogens is 3. The van der Waals surface area contributed by atoms with Gasteiger partial charge in [0.1, 0.15) is 10.7 Å². The summed E-state index contributed by atoms with van der Waals surface area (Å²) in [6.07, 6.45) is 7.05. The maximum atomic E-state index is 13.1. The van der Waals surface area contributed by atoms with Gasteiger partial charge in [0, 0.05) is 42.9 Å². The summed E-state index contributed by atoms with van der Waals surface area (Å²) in [5, 5.41) is 11.7. The van der Waals surface area contributed by atoms with E-state index in [0.29, 0.717) is 18.8 Å². The van der Waals surface area contributed by atoms with E-state index in [1.54, 1.807) is 0 Å². The van der Waals surface area contributed by atoms with Crippen LogP contribution in [0.15, 0.2) is 47.4 Å². The zero-order valence-corrected chi connectivity index (χ0v) is 21.0. The van der Waals surface area contributed by atoms with Gasteiger partial charge >= 0.3 is 0 Å². The number of carbonyl (C=O) groups is 1. The normalized spacial score (nSPS) is 16.9. The second kappa shape index (κ2) is 10.1. The number of anilines is 1. The second-order valence-corrected chi connectivity index (χ2v) is 11.4. The van der Waals surface area contributed by atoms with Crippen molar-refractivity contribution in [2.45, 2.75) is 56.4 Å². The van der Waals surface area contributed by atoms with E-state index in [9.17, 15) is 13.2 Å². The van der Waals surface area contributed by atoms with Gasteiger partial charge in [0.25, 0.3) is 5.91 Å². The smallest absolute Gasteiger partial charge is 0.255 e. The molecular formula is C25H28ClN5O3S. The second-order valence-electron chi connectivity index (χ2n) is 9.04. The van der Waals surface area contributed by atoms with Gasteiger partial charge in [-0.2, -0.15) is 4.31 Å². The van der Waals surface area contributed by atoms with Gasteiger partial charge in [0.2, 0.25) is 10.0 Å². The number of hydrogen-bond acceptors (Lipinski definition) is 5. The molecule has 1 fully saturated rings. The van der Waals surface area contributed by atoms with E-state index in [-0.39, 0.29) is 15.5 Å². The van der Waals surface area contributed by atoms with Crippen molar-refractivity contribution in [2.75, 3.05) is 18.4 Å². The van der Waals surface area contributed by atoms with Gasteiger partial charge < -0.3 is 9.88 Å². The Labute approximate surface area is 210 Å². The number of amides is 1. The van der Waals surface area contributed by atoms with Crippen LogP contribution in [0.1, 0.15) is 54.7 Å². The first-order valence-electron chi connectivity index (χ1n) is 12.1. The van der Waals surface area contributed by atoms with Crippen LogP contribution in [-0.4, -0.2) is 46.5 Å². The van der Waals surface area contributed by atoms with Crippen molar-refractivity contribution in [3.8, 4) is 11.4 Å². The first-order valence-corrected chi connectivity index (χ1v) is 13.9. The summed E-state index contributed by atoms with van der Waals surface area (Å²) >= 11 is 6.24. The fourth-order valence-corrected chi connectivity index (χ4v) is 6.71. The number of sulfonamides is 1. The SMILES string of the molecule is O=C(Nc1ccc(-c2nnc3n2CCCCC3)cc1)c1ccc(Cl)c(S(=O)(=O)N2CCCCC2)c1. The van der Waals surface area contributed by atoms with Crippen molar-refractivity contribution in [3.63, 3.8) is 0 Å². The summed E-state index contributed by atoms with van der Waals surface area (Å²) in [5.41, 5.74) is 1.77. The molecule has 0 unspecified atom stereocenters. The summed E-state index contributed by atoms with van der Waals surface area (Å²) in [5.74, 6) is 1.46. The molecule has 0 spiro atoms. The van der Waals surface area contributed by atoms with Gasteiger partial charge in [-0.25, -0.2) is 8.42 Å². The molecule has 10 heteroatoms. The Morgan fingerprint density at radius 3 is 2.37 bits per heavy atom. The Hall–Kier alpha value is -2.75. The highest BCUT2D eigenvalue weighted by molar-refractivity contribution is 7.89. The fraction of sp³-hybridized carbons (Fsp3) is 0.400. The van der Waals surface area contributed by atoms with Crippen LogP contribution < -0.4 is 5.32 Å². The Balaban J connectivity index is 1.33. The molecule has 3 heterocycles. The van der Waals surface area contributed by atoms with Crippen LogP contribution >= 0.6 is 11.6 Å². The minimum Gasteiger partial charge on any atom is -0.322 e. The number of fused-ring (bicyclic) bond motifs is 1. The Morgan fingerprint density at radius 1 is 0.886 bits per heavy atom. The fourth-order valence-electron chi connectivity index (χ4n) is 4.69. The number of rotatable bonds is 5. The van der Waals surface area contributed by atoms with Gasteiger partial charge in [-0.3, -0.25) is 4.79 Å². The molecule has 0 saturated carbocycles. The summed E-state index contributed by atoms with van der Waals surface area (Å²) in [7, 11) is -3.76. The predicted molar refractivity (Wildman–Crippen MR) is 135 cm³/mol. The van der Waals surface area contributed by atoms with Crippen LogP contribution in [-0.2, 0) is 23.0 Å². The molecule has 2 aromatic carbocycles. The molecule has 5 rings (SSSR count). The topological polar surface area (TPSA) is 97.2 Å². The van der Waals surface area contributed by atoms with E-state index < -0.39 is 15.9 Å². The van der Waals surface area contributed by atoms with Crippen LogP contribution in [0.3, 0.4) is 0 Å². The Morgan fingerprint density at radius 2 is 1.60 bits per heavy atom. The maximum absolute atomic E-state index is 13.1. The van der Waals surface area contributed by atoms with Crippen LogP contribution in [0.4, 0.5) is 5.69 Å². The molecule has 2 aliphatic heterocycles. The molecule has 35 heavy (non-hydrogen) atoms. The highest BCUT2D eigenvalue weighted by Gasteiger charge is 2.29. The van der Waals surface area contributed by atoms with Gasteiger partial charge in [-0.15, -0.1) is 10.2 Å². The molecule has 8 nitrogen and oxygen atoms in total. The molecule has 1 N–H and O–H groups in total. The van der Waals surface area contributed by atoms with E-state index in [1.165, 1.54) is 28.9 Å². The molecule has 1 aromatic heterocycles. The van der Waals surface area contributed by atoms with Crippen molar-refractivity contribution in [1.82, 2.24) is 19.1 Å². The lowest BCUT2D eigenvalue weighted by molar-refractivity contribution is 0.102. The molecule has 1 amide bonds. The third-order valence-corrected chi connectivity index (χ3v) is 9.02. The van der Waals surface area contributed by atoms with Crippen molar-refractivity contribution in [1.29, 1.82) is 0 Å². The van der Waals surface area contributed by atoms with E-state index in [0.717, 1.165) is 62.3 Å². The molecule has 0 atom stereocenters. The van der Waals surface area contributed by atoms with Crippen LogP contribution in [0, 0.1) is 0 Å². The zero-order chi connectivity index (χ0) is 24.4. The minimum atomic E-state index is -3.76. The predicted octanol–water partition coefficient (Wildman–Crippen LogP) is 4.75. The molecular weight excluding hydrogens is 486 g/mol. The Bertz CT molecular complexity index is 1330. The zero-order valence-electron chi connectivity index (χ0n) is 19.4. The van der Waals surface area contributed by atoms with E-state index in [1.807, 2.05) is 24.3 Å². The lowest BCUT2D eigenvalue weighted by atomic mass is 10.1. The number of carbonyl (C=O) groups excluding carboxylic acids is 1. The quantitative estimate of drug-likeness (QED) is 0.531. The first kappa shape index (κ1) is 24.0.